The summed E-state index contributed by atoms with van der Waals surface area (Å²) in [4.78, 5) is 28.7. The van der Waals surface area contributed by atoms with Crippen molar-refractivity contribution in [3.8, 4) is 0 Å². The van der Waals surface area contributed by atoms with E-state index in [1.807, 2.05) is 61.5 Å². The average molecular weight is 516 g/mol. The zero-order valence-electron chi connectivity index (χ0n) is 19.0. The van der Waals surface area contributed by atoms with Gasteiger partial charge in [0.1, 0.15) is 11.4 Å². The summed E-state index contributed by atoms with van der Waals surface area (Å²) in [5.74, 6) is -0.373. The number of aryl methyl sites for hydroxylation is 1. The van der Waals surface area contributed by atoms with Gasteiger partial charge in [0.2, 0.25) is 10.9 Å². The smallest absolute Gasteiger partial charge is 0.297 e. The van der Waals surface area contributed by atoms with E-state index in [2.05, 4.69) is 10.2 Å². The van der Waals surface area contributed by atoms with E-state index in [9.17, 15) is 14.0 Å². The molecule has 6 rings (SSSR count). The molecule has 3 heterocycles. The molecule has 0 aliphatic carbocycles. The van der Waals surface area contributed by atoms with E-state index in [1.165, 1.54) is 40.1 Å². The molecule has 36 heavy (non-hydrogen) atoms. The van der Waals surface area contributed by atoms with Gasteiger partial charge in [-0.3, -0.25) is 14.5 Å². The molecule has 0 fully saturated rings. The van der Waals surface area contributed by atoms with Gasteiger partial charge >= 0.3 is 0 Å². The Morgan fingerprint density at radius 2 is 1.81 bits per heavy atom. The van der Waals surface area contributed by atoms with E-state index in [0.29, 0.717) is 15.2 Å². The van der Waals surface area contributed by atoms with E-state index in [1.54, 1.807) is 0 Å². The Morgan fingerprint density at radius 3 is 2.58 bits per heavy atom. The maximum Gasteiger partial charge on any atom is 0.297 e. The molecule has 0 bridgehead atoms. The van der Waals surface area contributed by atoms with Gasteiger partial charge in [0.25, 0.3) is 5.91 Å². The Hall–Kier alpha value is -3.82. The largest absolute Gasteiger partial charge is 0.450 e. The van der Waals surface area contributed by atoms with Gasteiger partial charge in [-0.15, -0.1) is 10.2 Å². The summed E-state index contributed by atoms with van der Waals surface area (Å²) in [5.41, 5.74) is 2.82. The lowest BCUT2D eigenvalue weighted by Crippen LogP contribution is -2.29. The van der Waals surface area contributed by atoms with Crippen LogP contribution in [0.4, 0.5) is 9.52 Å². The Bertz CT molecular complexity index is 1670. The van der Waals surface area contributed by atoms with Crippen LogP contribution in [0, 0.1) is 12.7 Å². The fourth-order valence-electron chi connectivity index (χ4n) is 4.28. The topological polar surface area (TPSA) is 76.3 Å². The highest BCUT2D eigenvalue weighted by Crippen LogP contribution is 2.43. The van der Waals surface area contributed by atoms with Crippen molar-refractivity contribution >= 4 is 45.1 Å². The van der Waals surface area contributed by atoms with Gasteiger partial charge in [0.05, 0.1) is 17.0 Å². The molecular weight excluding hydrogens is 497 g/mol. The van der Waals surface area contributed by atoms with Crippen LogP contribution < -0.4 is 10.3 Å². The van der Waals surface area contributed by atoms with Crippen molar-refractivity contribution in [1.82, 2.24) is 10.2 Å². The quantitative estimate of drug-likeness (QED) is 0.207. The fourth-order valence-corrected chi connectivity index (χ4v) is 6.11. The minimum atomic E-state index is -0.767. The van der Waals surface area contributed by atoms with Crippen LogP contribution in [0.15, 0.2) is 86.3 Å². The first-order valence-corrected chi connectivity index (χ1v) is 13.0. The third-order valence-corrected chi connectivity index (χ3v) is 8.16. The molecule has 1 atom stereocenters. The van der Waals surface area contributed by atoms with Gasteiger partial charge in [0, 0.05) is 5.75 Å². The number of benzene rings is 3. The second kappa shape index (κ2) is 9.00. The zero-order chi connectivity index (χ0) is 24.8. The molecule has 0 radical (unpaired) electrons. The number of amides is 1. The lowest BCUT2D eigenvalue weighted by Gasteiger charge is -2.22. The normalized spacial score (nSPS) is 15.0. The number of aromatic nitrogens is 2. The maximum atomic E-state index is 14.0. The van der Waals surface area contributed by atoms with Gasteiger partial charge in [-0.25, -0.2) is 4.39 Å². The predicted molar refractivity (Wildman–Crippen MR) is 138 cm³/mol. The number of rotatable bonds is 5. The highest BCUT2D eigenvalue weighted by molar-refractivity contribution is 8.00. The molecule has 0 N–H and O–H groups in total. The lowest BCUT2D eigenvalue weighted by molar-refractivity contribution is 0.0970. The van der Waals surface area contributed by atoms with Crippen LogP contribution >= 0.6 is 23.1 Å². The lowest BCUT2D eigenvalue weighted by atomic mass is 9.98. The number of carbonyl (C=O) groups is 1. The first-order valence-electron chi connectivity index (χ1n) is 11.2. The second-order valence-corrected chi connectivity index (χ2v) is 10.6. The Morgan fingerprint density at radius 1 is 1.03 bits per heavy atom. The number of hydrogen-bond acceptors (Lipinski definition) is 7. The maximum absolute atomic E-state index is 14.0. The molecule has 1 aliphatic rings. The standard InChI is InChI=1S/C27H18FN3O3S2/c1-15-7-9-17(10-8-15)22-21-23(32)19-13-18(28)11-12-20(19)34-24(21)25(33)31(22)26-29-30-27(36-26)35-14-16-5-3-2-4-6-16/h2-13,22H,14H2,1H3. The molecule has 0 saturated heterocycles. The van der Waals surface area contributed by atoms with E-state index in [-0.39, 0.29) is 22.3 Å². The van der Waals surface area contributed by atoms with Crippen molar-refractivity contribution in [2.45, 2.75) is 23.1 Å². The minimum absolute atomic E-state index is 0.0571. The van der Waals surface area contributed by atoms with Crippen LogP contribution in [0.3, 0.4) is 0 Å². The zero-order valence-corrected chi connectivity index (χ0v) is 20.6. The molecule has 2 aromatic heterocycles. The van der Waals surface area contributed by atoms with Crippen LogP contribution in [0.5, 0.6) is 0 Å². The highest BCUT2D eigenvalue weighted by Gasteiger charge is 2.45. The molecule has 5 aromatic rings. The highest BCUT2D eigenvalue weighted by atomic mass is 32.2. The number of anilines is 1. The summed E-state index contributed by atoms with van der Waals surface area (Å²) in [7, 11) is 0. The summed E-state index contributed by atoms with van der Waals surface area (Å²) < 4.78 is 20.6. The molecule has 0 saturated carbocycles. The van der Waals surface area contributed by atoms with Crippen LogP contribution in [0.25, 0.3) is 11.0 Å². The van der Waals surface area contributed by atoms with Gasteiger partial charge in [-0.05, 0) is 36.2 Å². The summed E-state index contributed by atoms with van der Waals surface area (Å²) in [6.45, 7) is 1.96. The van der Waals surface area contributed by atoms with E-state index >= 15 is 0 Å². The van der Waals surface area contributed by atoms with Gasteiger partial charge in [-0.1, -0.05) is 83.3 Å². The number of nitrogens with zero attached hydrogens (tertiary/aromatic N) is 3. The first-order chi connectivity index (χ1) is 17.5. The average Bonchev–Trinajstić information content (AvgIpc) is 3.47. The van der Waals surface area contributed by atoms with E-state index in [0.717, 1.165) is 22.8 Å². The van der Waals surface area contributed by atoms with Gasteiger partial charge in [-0.2, -0.15) is 0 Å². The number of carbonyl (C=O) groups excluding carboxylic acids is 1. The molecular formula is C27H18FN3O3S2. The summed E-state index contributed by atoms with van der Waals surface area (Å²) in [6.07, 6.45) is 0. The summed E-state index contributed by atoms with van der Waals surface area (Å²) >= 11 is 2.80. The molecule has 1 unspecified atom stereocenters. The number of fused-ring (bicyclic) bond motifs is 2. The Kier molecular flexibility index (Phi) is 5.66. The van der Waals surface area contributed by atoms with Crippen molar-refractivity contribution in [3.05, 3.63) is 117 Å². The fraction of sp³-hybridized carbons (Fsp3) is 0.111. The molecule has 1 amide bonds. The minimum Gasteiger partial charge on any atom is -0.450 e. The molecule has 6 nitrogen and oxygen atoms in total. The van der Waals surface area contributed by atoms with Crippen LogP contribution in [0.2, 0.25) is 0 Å². The molecule has 1 aliphatic heterocycles. The molecule has 0 spiro atoms. The number of halogens is 1. The SMILES string of the molecule is Cc1ccc(C2c3c(oc4ccc(F)cc4c3=O)C(=O)N2c2nnc(SCc3ccccc3)s2)cc1. The van der Waals surface area contributed by atoms with Gasteiger partial charge < -0.3 is 4.42 Å². The summed E-state index contributed by atoms with van der Waals surface area (Å²) in [5, 5.41) is 9.04. The number of hydrogen-bond donors (Lipinski definition) is 0. The summed E-state index contributed by atoms with van der Waals surface area (Å²) in [6, 6.07) is 20.5. The van der Waals surface area contributed by atoms with Crippen molar-refractivity contribution in [3.63, 3.8) is 0 Å². The van der Waals surface area contributed by atoms with E-state index < -0.39 is 23.2 Å². The third kappa shape index (κ3) is 3.90. The first kappa shape index (κ1) is 22.6. The van der Waals surface area contributed by atoms with Crippen LogP contribution in [-0.2, 0) is 5.75 Å². The Balaban J connectivity index is 1.45. The molecule has 3 aromatic carbocycles. The van der Waals surface area contributed by atoms with Gasteiger partial charge in [0.15, 0.2) is 9.77 Å². The molecule has 178 valence electrons. The molecule has 9 heteroatoms. The van der Waals surface area contributed by atoms with Crippen molar-refractivity contribution in [2.75, 3.05) is 4.90 Å². The predicted octanol–water partition coefficient (Wildman–Crippen LogP) is 6.13. The second-order valence-electron chi connectivity index (χ2n) is 8.43. The monoisotopic (exact) mass is 515 g/mol. The van der Waals surface area contributed by atoms with Crippen molar-refractivity contribution < 1.29 is 13.6 Å². The van der Waals surface area contributed by atoms with Crippen molar-refractivity contribution in [1.29, 1.82) is 0 Å². The number of thioether (sulfide) groups is 1. The Labute approximate surface area is 213 Å². The van der Waals surface area contributed by atoms with Crippen molar-refractivity contribution in [2.24, 2.45) is 0 Å². The van der Waals surface area contributed by atoms with Crippen LogP contribution in [-0.4, -0.2) is 16.1 Å². The van der Waals surface area contributed by atoms with E-state index in [4.69, 9.17) is 4.42 Å². The van der Waals surface area contributed by atoms with Crippen LogP contribution in [0.1, 0.15) is 38.9 Å². The third-order valence-electron chi connectivity index (χ3n) is 6.03.